The summed E-state index contributed by atoms with van der Waals surface area (Å²) >= 11 is 0. The highest BCUT2D eigenvalue weighted by molar-refractivity contribution is 7.91. The molecule has 1 aromatic carbocycles. The van der Waals surface area contributed by atoms with Crippen molar-refractivity contribution in [1.29, 1.82) is 0 Å². The van der Waals surface area contributed by atoms with Crippen LogP contribution in [0.15, 0.2) is 48.8 Å². The maximum absolute atomic E-state index is 14.5. The Balaban J connectivity index is 1.20. The van der Waals surface area contributed by atoms with E-state index in [-0.39, 0.29) is 42.8 Å². The van der Waals surface area contributed by atoms with Gasteiger partial charge < -0.3 is 20.3 Å². The minimum atomic E-state index is -3.93. The van der Waals surface area contributed by atoms with E-state index in [9.17, 15) is 36.4 Å². The molecule has 5 atom stereocenters. The van der Waals surface area contributed by atoms with Crippen molar-refractivity contribution < 1.29 is 41.1 Å². The van der Waals surface area contributed by atoms with Crippen LogP contribution < -0.4 is 20.1 Å². The molecule has 3 fully saturated rings. The van der Waals surface area contributed by atoms with E-state index in [4.69, 9.17) is 4.74 Å². The molecule has 4 amide bonds. The first kappa shape index (κ1) is 36.3. The van der Waals surface area contributed by atoms with Gasteiger partial charge in [-0.25, -0.2) is 27.2 Å². The van der Waals surface area contributed by atoms with Gasteiger partial charge in [0.1, 0.15) is 35.2 Å². The molecule has 14 nitrogen and oxygen atoms in total. The number of pyridine rings is 1. The average molecular weight is 752 g/mol. The van der Waals surface area contributed by atoms with Crippen LogP contribution in [-0.2, 0) is 24.4 Å². The summed E-state index contributed by atoms with van der Waals surface area (Å²) in [4.78, 5) is 69.5. The molecular weight excluding hydrogens is 713 g/mol. The van der Waals surface area contributed by atoms with E-state index in [0.717, 1.165) is 12.6 Å². The van der Waals surface area contributed by atoms with Crippen LogP contribution in [0.5, 0.6) is 5.88 Å². The first-order valence-corrected chi connectivity index (χ1v) is 19.3. The largest absolute Gasteiger partial charge is 0.471 e. The number of sulfonamides is 1. The Morgan fingerprint density at radius 1 is 1.06 bits per heavy atom. The molecule has 2 saturated carbocycles. The Morgan fingerprint density at radius 2 is 1.87 bits per heavy atom. The number of ether oxygens (including phenoxy) is 1. The van der Waals surface area contributed by atoms with Crippen LogP contribution in [0.25, 0.3) is 11.0 Å². The highest BCUT2D eigenvalue weighted by atomic mass is 32.2. The smallest absolute Gasteiger partial charge is 0.259 e. The molecule has 53 heavy (non-hydrogen) atoms. The normalized spacial score (nSPS) is 26.4. The van der Waals surface area contributed by atoms with Crippen molar-refractivity contribution >= 4 is 44.7 Å². The number of aryl methyl sites for hydroxylation is 1. The first-order valence-electron chi connectivity index (χ1n) is 17.7. The lowest BCUT2D eigenvalue weighted by Gasteiger charge is -2.30. The number of amides is 4. The third-order valence-corrected chi connectivity index (χ3v) is 12.0. The monoisotopic (exact) mass is 751 g/mol. The number of carbonyl (C=O) groups is 4. The van der Waals surface area contributed by atoms with Crippen LogP contribution in [0.2, 0.25) is 0 Å². The van der Waals surface area contributed by atoms with Crippen molar-refractivity contribution in [1.82, 2.24) is 35.2 Å². The fourth-order valence-electron chi connectivity index (χ4n) is 7.01. The molecule has 2 aliphatic heterocycles. The third-order valence-electron chi connectivity index (χ3n) is 10.2. The van der Waals surface area contributed by atoms with E-state index in [1.807, 2.05) is 12.2 Å². The lowest BCUT2D eigenvalue weighted by atomic mass is 10.0. The number of benzene rings is 1. The van der Waals surface area contributed by atoms with Gasteiger partial charge in [0.15, 0.2) is 5.82 Å². The fourth-order valence-corrected chi connectivity index (χ4v) is 8.38. The Bertz CT molecular complexity index is 2110. The molecule has 0 unspecified atom stereocenters. The fraction of sp³-hybridized carbons (Fsp3) is 0.472. The topological polar surface area (TPSA) is 190 Å². The number of allylic oxidation sites excluding steroid dienone is 1. The zero-order chi connectivity index (χ0) is 37.5. The summed E-state index contributed by atoms with van der Waals surface area (Å²) in [5.41, 5.74) is -0.814. The lowest BCUT2D eigenvalue weighted by Crippen LogP contribution is -2.58. The van der Waals surface area contributed by atoms with Gasteiger partial charge in [0.2, 0.25) is 27.7 Å². The number of halogens is 2. The SMILES string of the molecule is Cc1nc2ccc(F)cc2nc1O[C@@H]1C[C@H]2C(=O)N[C@]3(C(=O)NS(=O)(=O)C4CC4)C[C@H]3C=CCCCCC[C@H](NC(=O)c3ccncc3F)C(=O)N2C1. The molecular formula is C36H39F2N7O7S. The molecule has 3 aromatic rings. The van der Waals surface area contributed by atoms with Crippen LogP contribution in [0.3, 0.4) is 0 Å². The zero-order valence-electron chi connectivity index (χ0n) is 28.9. The quantitative estimate of drug-likeness (QED) is 0.303. The van der Waals surface area contributed by atoms with Gasteiger partial charge >= 0.3 is 0 Å². The molecule has 0 radical (unpaired) electrons. The number of aromatic nitrogens is 3. The third kappa shape index (κ3) is 7.70. The second kappa shape index (κ2) is 14.4. The molecule has 280 valence electrons. The van der Waals surface area contributed by atoms with Crippen molar-refractivity contribution in [3.8, 4) is 5.88 Å². The molecule has 7 rings (SSSR count). The molecule has 1 saturated heterocycles. The summed E-state index contributed by atoms with van der Waals surface area (Å²) in [7, 11) is -3.93. The van der Waals surface area contributed by atoms with Crippen molar-refractivity contribution in [2.75, 3.05) is 6.54 Å². The van der Waals surface area contributed by atoms with Crippen LogP contribution in [0.4, 0.5) is 8.78 Å². The number of fused-ring (bicyclic) bond motifs is 3. The lowest BCUT2D eigenvalue weighted by molar-refractivity contribution is -0.141. The van der Waals surface area contributed by atoms with Gasteiger partial charge in [0.05, 0.1) is 34.6 Å². The second-order valence-electron chi connectivity index (χ2n) is 14.1. The average Bonchev–Trinajstić information content (AvgIpc) is 4.04. The molecule has 17 heteroatoms. The summed E-state index contributed by atoms with van der Waals surface area (Å²) in [5.74, 6) is -4.84. The molecule has 0 bridgehead atoms. The molecule has 2 aliphatic carbocycles. The predicted octanol–water partition coefficient (Wildman–Crippen LogP) is 2.76. The van der Waals surface area contributed by atoms with Crippen molar-refractivity contribution in [3.63, 3.8) is 0 Å². The number of nitrogens with one attached hydrogen (secondary N) is 3. The summed E-state index contributed by atoms with van der Waals surface area (Å²) < 4.78 is 62.5. The van der Waals surface area contributed by atoms with Crippen LogP contribution >= 0.6 is 0 Å². The Hall–Kier alpha value is -5.06. The summed E-state index contributed by atoms with van der Waals surface area (Å²) in [6, 6.07) is 2.76. The summed E-state index contributed by atoms with van der Waals surface area (Å²) in [6.45, 7) is 1.51. The van der Waals surface area contributed by atoms with E-state index in [0.29, 0.717) is 43.3 Å². The molecule has 3 N–H and O–H groups in total. The van der Waals surface area contributed by atoms with Crippen molar-refractivity contribution in [3.05, 3.63) is 71.7 Å². The number of rotatable bonds is 7. The number of nitrogens with zero attached hydrogens (tertiary/aromatic N) is 4. The maximum Gasteiger partial charge on any atom is 0.259 e. The van der Waals surface area contributed by atoms with Gasteiger partial charge in [-0.1, -0.05) is 25.0 Å². The zero-order valence-corrected chi connectivity index (χ0v) is 29.7. The predicted molar refractivity (Wildman–Crippen MR) is 186 cm³/mol. The Morgan fingerprint density at radius 3 is 2.64 bits per heavy atom. The molecule has 0 spiro atoms. The Kier molecular flexibility index (Phi) is 9.86. The van der Waals surface area contributed by atoms with Gasteiger partial charge in [-0.05, 0) is 63.6 Å². The van der Waals surface area contributed by atoms with Gasteiger partial charge in [-0.2, -0.15) is 0 Å². The number of hydrogen-bond acceptors (Lipinski definition) is 10. The molecule has 2 aromatic heterocycles. The van der Waals surface area contributed by atoms with Crippen LogP contribution in [-0.4, -0.2) is 87.4 Å². The standard InChI is InChI=1S/C36H39F2N7O7S/c1-20-33(42-29-15-22(37)9-12-27(29)40-20)52-23-16-30-32(47)43-36(35(49)44-53(50,51)24-10-11-24)17-21(36)7-5-3-2-4-6-8-28(34(48)45(30)19-23)41-31(46)25-13-14-39-18-26(25)38/h5,7,9,12-15,18,21,23-24,28,30H,2-4,6,8,10-11,16-17,19H2,1H3,(H,41,46)(H,43,47)(H,44,49)/t21-,23-,28+,30+,36-/m1/s1. The van der Waals surface area contributed by atoms with Crippen molar-refractivity contribution in [2.45, 2.75) is 93.7 Å². The summed E-state index contributed by atoms with van der Waals surface area (Å²) in [5, 5.41) is 4.79. The van der Waals surface area contributed by atoms with Gasteiger partial charge in [-0.15, -0.1) is 0 Å². The second-order valence-corrected chi connectivity index (χ2v) is 16.1. The Labute approximate surface area is 304 Å². The highest BCUT2D eigenvalue weighted by Crippen LogP contribution is 2.46. The molecule has 4 heterocycles. The maximum atomic E-state index is 14.5. The van der Waals surface area contributed by atoms with E-state index < -0.39 is 80.2 Å². The minimum absolute atomic E-state index is 0.0650. The summed E-state index contributed by atoms with van der Waals surface area (Å²) in [6.07, 6.45) is 8.70. The van der Waals surface area contributed by atoms with Crippen LogP contribution in [0, 0.1) is 24.5 Å². The van der Waals surface area contributed by atoms with Gasteiger partial charge in [0, 0.05) is 24.6 Å². The molecule has 4 aliphatic rings. The number of hydrogen-bond donors (Lipinski definition) is 3. The van der Waals surface area contributed by atoms with E-state index >= 15 is 0 Å². The first-order chi connectivity index (χ1) is 25.3. The van der Waals surface area contributed by atoms with Gasteiger partial charge in [-0.3, -0.25) is 28.9 Å². The van der Waals surface area contributed by atoms with E-state index in [1.165, 1.54) is 35.4 Å². The number of carbonyl (C=O) groups excluding carboxylic acids is 4. The van der Waals surface area contributed by atoms with E-state index in [2.05, 4.69) is 30.3 Å². The van der Waals surface area contributed by atoms with Crippen molar-refractivity contribution in [2.24, 2.45) is 5.92 Å². The minimum Gasteiger partial charge on any atom is -0.471 e. The highest BCUT2D eigenvalue weighted by Gasteiger charge is 2.62. The van der Waals surface area contributed by atoms with Gasteiger partial charge in [0.25, 0.3) is 11.8 Å². The van der Waals surface area contributed by atoms with Crippen LogP contribution in [0.1, 0.15) is 73.8 Å². The van der Waals surface area contributed by atoms with E-state index in [1.54, 1.807) is 6.92 Å².